The highest BCUT2D eigenvalue weighted by Crippen LogP contribution is 2.57. The number of hydrogen-bond acceptors (Lipinski definition) is 2. The summed E-state index contributed by atoms with van der Waals surface area (Å²) < 4.78 is 0. The monoisotopic (exact) mass is 336 g/mol. The van der Waals surface area contributed by atoms with Crippen LogP contribution in [0.25, 0.3) is 0 Å². The molecule has 0 radical (unpaired) electrons. The molecule has 132 valence electrons. The third-order valence-electron chi connectivity index (χ3n) is 7.13. The zero-order valence-corrected chi connectivity index (χ0v) is 15.3. The summed E-state index contributed by atoms with van der Waals surface area (Å²) >= 11 is 0. The average molecular weight is 336 g/mol. The predicted molar refractivity (Wildman–Crippen MR) is 97.5 cm³/mol. The van der Waals surface area contributed by atoms with E-state index in [0.717, 1.165) is 23.9 Å². The summed E-state index contributed by atoms with van der Waals surface area (Å²) in [5, 5.41) is 8.98. The van der Waals surface area contributed by atoms with Gasteiger partial charge in [-0.3, -0.25) is 4.79 Å². The quantitative estimate of drug-likeness (QED) is 0.810. The van der Waals surface area contributed by atoms with Crippen molar-refractivity contribution in [1.82, 2.24) is 4.90 Å². The van der Waals surface area contributed by atoms with Crippen LogP contribution in [0.3, 0.4) is 0 Å². The van der Waals surface area contributed by atoms with Crippen molar-refractivity contribution >= 4 is 5.91 Å². The highest BCUT2D eigenvalue weighted by atomic mass is 16.2. The topological polar surface area (TPSA) is 44.1 Å². The summed E-state index contributed by atoms with van der Waals surface area (Å²) in [6, 6.07) is 9.94. The average Bonchev–Trinajstić information content (AvgIpc) is 2.61. The second-order valence-electron chi connectivity index (χ2n) is 8.49. The molecule has 4 saturated carbocycles. The molecule has 0 N–H and O–H groups in total. The van der Waals surface area contributed by atoms with Crippen LogP contribution in [0.15, 0.2) is 24.3 Å². The van der Waals surface area contributed by atoms with Gasteiger partial charge < -0.3 is 4.90 Å². The summed E-state index contributed by atoms with van der Waals surface area (Å²) in [6.07, 6.45) is 6.56. The number of amides is 1. The fourth-order valence-corrected chi connectivity index (χ4v) is 6.16. The van der Waals surface area contributed by atoms with Crippen LogP contribution in [0, 0.1) is 40.9 Å². The Balaban J connectivity index is 1.54. The molecule has 0 aromatic heterocycles. The maximum absolute atomic E-state index is 13.5. The number of hydrogen-bond donors (Lipinski definition) is 0. The summed E-state index contributed by atoms with van der Waals surface area (Å²) in [7, 11) is 0. The lowest BCUT2D eigenvalue weighted by Gasteiger charge is -2.54. The van der Waals surface area contributed by atoms with Crippen molar-refractivity contribution in [3.8, 4) is 6.07 Å². The van der Waals surface area contributed by atoms with E-state index in [-0.39, 0.29) is 12.0 Å². The molecule has 1 unspecified atom stereocenters. The smallest absolute Gasteiger partial charge is 0.226 e. The Bertz CT molecular complexity index is 659. The molecule has 5 rings (SSSR count). The number of nitrogens with zero attached hydrogens (tertiary/aromatic N) is 2. The van der Waals surface area contributed by atoms with E-state index in [9.17, 15) is 4.79 Å². The van der Waals surface area contributed by atoms with Crippen molar-refractivity contribution < 1.29 is 4.79 Å². The van der Waals surface area contributed by atoms with Crippen molar-refractivity contribution in [2.45, 2.75) is 52.0 Å². The van der Waals surface area contributed by atoms with E-state index < -0.39 is 0 Å². The van der Waals surface area contributed by atoms with Crippen molar-refractivity contribution in [1.29, 1.82) is 5.26 Å². The molecule has 3 nitrogen and oxygen atoms in total. The summed E-state index contributed by atoms with van der Waals surface area (Å²) in [6.45, 7) is 4.97. The molecule has 4 aliphatic rings. The third-order valence-corrected chi connectivity index (χ3v) is 7.13. The second-order valence-corrected chi connectivity index (χ2v) is 8.49. The first-order valence-corrected chi connectivity index (χ1v) is 9.91. The van der Waals surface area contributed by atoms with Gasteiger partial charge in [-0.1, -0.05) is 12.1 Å². The Kier molecular flexibility index (Phi) is 4.31. The normalized spacial score (nSPS) is 33.7. The SMILES string of the molecule is CCN(C(=O)C1C2CC3CC(C2)CC1C3)C(C)c1ccc(C#N)cc1. The number of nitriles is 1. The molecule has 0 aliphatic heterocycles. The molecule has 1 aromatic carbocycles. The van der Waals surface area contributed by atoms with E-state index in [1.54, 1.807) is 0 Å². The summed E-state index contributed by atoms with van der Waals surface area (Å²) in [5.41, 5.74) is 1.80. The first kappa shape index (κ1) is 16.6. The molecule has 0 heterocycles. The van der Waals surface area contributed by atoms with Crippen LogP contribution in [0.5, 0.6) is 0 Å². The largest absolute Gasteiger partial charge is 0.336 e. The van der Waals surface area contributed by atoms with E-state index in [4.69, 9.17) is 5.26 Å². The lowest BCUT2D eigenvalue weighted by Crippen LogP contribution is -2.52. The predicted octanol–water partition coefficient (Wildman–Crippen LogP) is 4.54. The van der Waals surface area contributed by atoms with Crippen LogP contribution in [0.1, 0.15) is 63.1 Å². The van der Waals surface area contributed by atoms with Gasteiger partial charge >= 0.3 is 0 Å². The van der Waals surface area contributed by atoms with Crippen LogP contribution in [-0.4, -0.2) is 17.4 Å². The zero-order valence-electron chi connectivity index (χ0n) is 15.3. The number of carbonyl (C=O) groups is 1. The Labute approximate surface area is 151 Å². The molecule has 3 heteroatoms. The van der Waals surface area contributed by atoms with Gasteiger partial charge in [0, 0.05) is 12.5 Å². The highest BCUT2D eigenvalue weighted by Gasteiger charge is 2.51. The van der Waals surface area contributed by atoms with Gasteiger partial charge in [0.05, 0.1) is 17.7 Å². The molecule has 0 spiro atoms. The van der Waals surface area contributed by atoms with Crippen LogP contribution >= 0.6 is 0 Å². The minimum atomic E-state index is 0.0717. The van der Waals surface area contributed by atoms with E-state index in [0.29, 0.717) is 23.3 Å². The molecule has 25 heavy (non-hydrogen) atoms. The molecule has 1 aromatic rings. The van der Waals surface area contributed by atoms with Crippen LogP contribution in [0.2, 0.25) is 0 Å². The number of benzene rings is 1. The first-order chi connectivity index (χ1) is 12.1. The van der Waals surface area contributed by atoms with Crippen LogP contribution < -0.4 is 0 Å². The molecule has 4 bridgehead atoms. The van der Waals surface area contributed by atoms with Crippen molar-refractivity contribution in [3.05, 3.63) is 35.4 Å². The van der Waals surface area contributed by atoms with Crippen molar-refractivity contribution in [3.63, 3.8) is 0 Å². The molecule has 4 aliphatic carbocycles. The minimum Gasteiger partial charge on any atom is -0.336 e. The van der Waals surface area contributed by atoms with Gasteiger partial charge in [0.1, 0.15) is 0 Å². The highest BCUT2D eigenvalue weighted by molar-refractivity contribution is 5.80. The molecule has 1 amide bonds. The maximum Gasteiger partial charge on any atom is 0.226 e. The van der Waals surface area contributed by atoms with Gasteiger partial charge in [-0.05, 0) is 87.3 Å². The van der Waals surface area contributed by atoms with Gasteiger partial charge in [-0.2, -0.15) is 5.26 Å². The summed E-state index contributed by atoms with van der Waals surface area (Å²) in [5.74, 6) is 3.70. The zero-order chi connectivity index (χ0) is 17.6. The molecular formula is C22H28N2O. The van der Waals surface area contributed by atoms with Gasteiger partial charge in [0.25, 0.3) is 0 Å². The van der Waals surface area contributed by atoms with Gasteiger partial charge in [0.2, 0.25) is 5.91 Å². The second kappa shape index (κ2) is 6.48. The number of rotatable bonds is 4. The minimum absolute atomic E-state index is 0.0717. The van der Waals surface area contributed by atoms with Crippen molar-refractivity contribution in [2.75, 3.05) is 6.54 Å². The number of carbonyl (C=O) groups excluding carboxylic acids is 1. The third kappa shape index (κ3) is 2.86. The van der Waals surface area contributed by atoms with Gasteiger partial charge in [0.15, 0.2) is 0 Å². The Morgan fingerprint density at radius 1 is 1.12 bits per heavy atom. The lowest BCUT2D eigenvalue weighted by molar-refractivity contribution is -0.151. The van der Waals surface area contributed by atoms with E-state index in [1.807, 2.05) is 24.3 Å². The van der Waals surface area contributed by atoms with Gasteiger partial charge in [-0.25, -0.2) is 0 Å². The Morgan fingerprint density at radius 3 is 2.16 bits per heavy atom. The molecular weight excluding hydrogens is 308 g/mol. The van der Waals surface area contributed by atoms with Gasteiger partial charge in [-0.15, -0.1) is 0 Å². The molecule has 4 fully saturated rings. The Hall–Kier alpha value is -1.82. The maximum atomic E-state index is 13.5. The lowest BCUT2D eigenvalue weighted by atomic mass is 9.51. The van der Waals surface area contributed by atoms with E-state index in [1.165, 1.54) is 32.1 Å². The fraction of sp³-hybridized carbons (Fsp3) is 0.636. The molecule has 1 atom stereocenters. The molecule has 0 saturated heterocycles. The van der Waals surface area contributed by atoms with Crippen molar-refractivity contribution in [2.24, 2.45) is 29.6 Å². The first-order valence-electron chi connectivity index (χ1n) is 9.91. The standard InChI is InChI=1S/C22H28N2O/c1-3-24(14(2)18-6-4-15(13-23)5-7-18)22(25)21-19-9-16-8-17(11-19)12-20(21)10-16/h4-7,14,16-17,19-21H,3,8-12H2,1-2H3. The van der Waals surface area contributed by atoms with E-state index in [2.05, 4.69) is 24.8 Å². The van der Waals surface area contributed by atoms with Crippen LogP contribution in [0.4, 0.5) is 0 Å². The summed E-state index contributed by atoms with van der Waals surface area (Å²) in [4.78, 5) is 15.6. The van der Waals surface area contributed by atoms with Crippen LogP contribution in [-0.2, 0) is 4.79 Å². The fourth-order valence-electron chi connectivity index (χ4n) is 6.16. The Morgan fingerprint density at radius 2 is 1.68 bits per heavy atom. The van der Waals surface area contributed by atoms with E-state index >= 15 is 0 Å².